The molecule has 0 amide bonds. The minimum atomic E-state index is 0.641. The minimum Gasteiger partial charge on any atom is -0.382 e. The molecule has 5 nitrogen and oxygen atoms in total. The number of rotatable bonds is 9. The van der Waals surface area contributed by atoms with E-state index in [1.165, 1.54) is 0 Å². The Morgan fingerprint density at radius 1 is 1.35 bits per heavy atom. The van der Waals surface area contributed by atoms with E-state index in [0.29, 0.717) is 19.8 Å². The highest BCUT2D eigenvalue weighted by atomic mass is 16.5. The standard InChI is InChI=1S/C12H23N3O2/c1-4-5-13-12-14-11(2)10-15(12)6-7-17-9-8-16-3/h10H,4-9H2,1-3H3,(H,13,14). The highest BCUT2D eigenvalue weighted by Gasteiger charge is 2.04. The summed E-state index contributed by atoms with van der Waals surface area (Å²) in [6, 6.07) is 0. The van der Waals surface area contributed by atoms with Crippen molar-refractivity contribution in [2.45, 2.75) is 26.8 Å². The van der Waals surface area contributed by atoms with Gasteiger partial charge in [0.25, 0.3) is 0 Å². The predicted molar refractivity (Wildman–Crippen MR) is 68.4 cm³/mol. The second-order valence-corrected chi connectivity index (χ2v) is 3.93. The molecule has 0 radical (unpaired) electrons. The van der Waals surface area contributed by atoms with Crippen molar-refractivity contribution in [2.75, 3.05) is 38.8 Å². The highest BCUT2D eigenvalue weighted by molar-refractivity contribution is 5.28. The highest BCUT2D eigenvalue weighted by Crippen LogP contribution is 2.08. The molecule has 1 aromatic heterocycles. The Hall–Kier alpha value is -1.07. The molecule has 1 N–H and O–H groups in total. The molecule has 5 heteroatoms. The van der Waals surface area contributed by atoms with E-state index < -0.39 is 0 Å². The van der Waals surface area contributed by atoms with Gasteiger partial charge in [0.15, 0.2) is 0 Å². The van der Waals surface area contributed by atoms with Crippen LogP contribution in [0, 0.1) is 6.92 Å². The fourth-order valence-electron chi connectivity index (χ4n) is 1.50. The van der Waals surface area contributed by atoms with Crippen LogP contribution < -0.4 is 5.32 Å². The fourth-order valence-corrected chi connectivity index (χ4v) is 1.50. The van der Waals surface area contributed by atoms with Crippen LogP contribution in [0.3, 0.4) is 0 Å². The summed E-state index contributed by atoms with van der Waals surface area (Å²) in [5.74, 6) is 0.930. The van der Waals surface area contributed by atoms with Crippen molar-refractivity contribution < 1.29 is 9.47 Å². The van der Waals surface area contributed by atoms with E-state index in [9.17, 15) is 0 Å². The Morgan fingerprint density at radius 3 is 2.88 bits per heavy atom. The summed E-state index contributed by atoms with van der Waals surface area (Å²) in [6.45, 7) is 7.86. The average molecular weight is 241 g/mol. The molecule has 1 rings (SSSR count). The van der Waals surface area contributed by atoms with Crippen LogP contribution in [0.15, 0.2) is 6.20 Å². The molecule has 0 atom stereocenters. The zero-order valence-corrected chi connectivity index (χ0v) is 11.0. The molecule has 17 heavy (non-hydrogen) atoms. The summed E-state index contributed by atoms with van der Waals surface area (Å²) < 4.78 is 12.5. The molecule has 0 aromatic carbocycles. The number of aromatic nitrogens is 2. The van der Waals surface area contributed by atoms with E-state index in [2.05, 4.69) is 21.8 Å². The molecule has 1 heterocycles. The molecule has 0 saturated carbocycles. The van der Waals surface area contributed by atoms with E-state index >= 15 is 0 Å². The molecule has 0 unspecified atom stereocenters. The van der Waals surface area contributed by atoms with Gasteiger partial charge in [-0.15, -0.1) is 0 Å². The first-order valence-corrected chi connectivity index (χ1v) is 6.12. The third-order valence-corrected chi connectivity index (χ3v) is 2.34. The van der Waals surface area contributed by atoms with Crippen LogP contribution in [-0.4, -0.2) is 43.0 Å². The Morgan fingerprint density at radius 2 is 2.18 bits per heavy atom. The number of ether oxygens (including phenoxy) is 2. The van der Waals surface area contributed by atoms with E-state index in [1.807, 2.05) is 13.1 Å². The van der Waals surface area contributed by atoms with Crippen LogP contribution >= 0.6 is 0 Å². The molecule has 0 fully saturated rings. The predicted octanol–water partition coefficient (Wildman–Crippen LogP) is 1.68. The Bertz CT molecular complexity index is 313. The summed E-state index contributed by atoms with van der Waals surface area (Å²) in [7, 11) is 1.68. The van der Waals surface area contributed by atoms with Gasteiger partial charge in [0.1, 0.15) is 0 Å². The van der Waals surface area contributed by atoms with Crippen molar-refractivity contribution in [1.29, 1.82) is 0 Å². The second kappa shape index (κ2) is 8.08. The largest absolute Gasteiger partial charge is 0.382 e. The number of imidazole rings is 1. The third-order valence-electron chi connectivity index (χ3n) is 2.34. The van der Waals surface area contributed by atoms with Gasteiger partial charge in [-0.25, -0.2) is 4.98 Å². The van der Waals surface area contributed by atoms with Crippen LogP contribution in [0.1, 0.15) is 19.0 Å². The maximum Gasteiger partial charge on any atom is 0.203 e. The number of aryl methyl sites for hydroxylation is 1. The van der Waals surface area contributed by atoms with E-state index in [-0.39, 0.29) is 0 Å². The van der Waals surface area contributed by atoms with Crippen LogP contribution in [-0.2, 0) is 16.0 Å². The van der Waals surface area contributed by atoms with Crippen molar-refractivity contribution in [3.8, 4) is 0 Å². The topological polar surface area (TPSA) is 48.3 Å². The molecule has 0 aliphatic rings. The number of hydrogen-bond donors (Lipinski definition) is 1. The number of nitrogens with one attached hydrogen (secondary N) is 1. The van der Waals surface area contributed by atoms with Gasteiger partial charge >= 0.3 is 0 Å². The molecular formula is C12H23N3O2. The van der Waals surface area contributed by atoms with Crippen molar-refractivity contribution >= 4 is 5.95 Å². The summed E-state index contributed by atoms with van der Waals surface area (Å²) in [6.07, 6.45) is 3.13. The average Bonchev–Trinajstić information content (AvgIpc) is 2.67. The van der Waals surface area contributed by atoms with Gasteiger partial charge in [-0.2, -0.15) is 0 Å². The van der Waals surface area contributed by atoms with Crippen LogP contribution in [0.25, 0.3) is 0 Å². The van der Waals surface area contributed by atoms with Gasteiger partial charge in [-0.3, -0.25) is 0 Å². The third kappa shape index (κ3) is 5.19. The lowest BCUT2D eigenvalue weighted by atomic mass is 10.5. The monoisotopic (exact) mass is 241 g/mol. The van der Waals surface area contributed by atoms with Crippen LogP contribution in [0.5, 0.6) is 0 Å². The lowest BCUT2D eigenvalue weighted by Crippen LogP contribution is -2.12. The zero-order chi connectivity index (χ0) is 12.5. The maximum atomic E-state index is 5.45. The van der Waals surface area contributed by atoms with Gasteiger partial charge in [-0.1, -0.05) is 6.92 Å². The van der Waals surface area contributed by atoms with E-state index in [0.717, 1.165) is 31.2 Å². The van der Waals surface area contributed by atoms with Crippen LogP contribution in [0.4, 0.5) is 5.95 Å². The molecular weight excluding hydrogens is 218 g/mol. The quantitative estimate of drug-likeness (QED) is 0.668. The van der Waals surface area contributed by atoms with Crippen molar-refractivity contribution in [3.05, 3.63) is 11.9 Å². The molecule has 0 aliphatic carbocycles. The fraction of sp³-hybridized carbons (Fsp3) is 0.750. The smallest absolute Gasteiger partial charge is 0.203 e. The first-order valence-electron chi connectivity index (χ1n) is 6.12. The zero-order valence-electron chi connectivity index (χ0n) is 11.0. The Kier molecular flexibility index (Phi) is 6.65. The number of hydrogen-bond acceptors (Lipinski definition) is 4. The summed E-state index contributed by atoms with van der Waals surface area (Å²) in [4.78, 5) is 4.43. The minimum absolute atomic E-state index is 0.641. The molecule has 0 spiro atoms. The lowest BCUT2D eigenvalue weighted by molar-refractivity contribution is 0.0668. The Labute approximate surface area is 103 Å². The first kappa shape index (κ1) is 14.0. The van der Waals surface area contributed by atoms with E-state index in [1.54, 1.807) is 7.11 Å². The van der Waals surface area contributed by atoms with Gasteiger partial charge in [0.05, 0.1) is 25.5 Å². The molecule has 0 aliphatic heterocycles. The number of nitrogens with zero attached hydrogens (tertiary/aromatic N) is 2. The first-order chi connectivity index (χ1) is 8.27. The van der Waals surface area contributed by atoms with Crippen molar-refractivity contribution in [1.82, 2.24) is 9.55 Å². The molecule has 1 aromatic rings. The number of anilines is 1. The van der Waals surface area contributed by atoms with Crippen LogP contribution in [0.2, 0.25) is 0 Å². The molecule has 98 valence electrons. The van der Waals surface area contributed by atoms with Crippen molar-refractivity contribution in [2.24, 2.45) is 0 Å². The summed E-state index contributed by atoms with van der Waals surface area (Å²) in [5, 5.41) is 3.31. The van der Waals surface area contributed by atoms with Gasteiger partial charge in [-0.05, 0) is 13.3 Å². The summed E-state index contributed by atoms with van der Waals surface area (Å²) >= 11 is 0. The maximum absolute atomic E-state index is 5.45. The Balaban J connectivity index is 2.35. The second-order valence-electron chi connectivity index (χ2n) is 3.93. The van der Waals surface area contributed by atoms with E-state index in [4.69, 9.17) is 9.47 Å². The van der Waals surface area contributed by atoms with Gasteiger partial charge < -0.3 is 19.4 Å². The normalized spacial score (nSPS) is 10.8. The summed E-state index contributed by atoms with van der Waals surface area (Å²) in [5.41, 5.74) is 1.03. The molecule has 0 bridgehead atoms. The SMILES string of the molecule is CCCNc1nc(C)cn1CCOCCOC. The molecule has 0 saturated heterocycles. The van der Waals surface area contributed by atoms with Gasteiger partial charge in [0.2, 0.25) is 5.95 Å². The van der Waals surface area contributed by atoms with Gasteiger partial charge in [0, 0.05) is 26.4 Å². The lowest BCUT2D eigenvalue weighted by Gasteiger charge is -2.09. The van der Waals surface area contributed by atoms with Crippen molar-refractivity contribution in [3.63, 3.8) is 0 Å². The number of methoxy groups -OCH3 is 1.